The Balaban J connectivity index is 2.16. The lowest BCUT2D eigenvalue weighted by Gasteiger charge is -2.30. The van der Waals surface area contributed by atoms with E-state index in [1.165, 1.54) is 4.31 Å². The topological polar surface area (TPSA) is 62.3 Å². The predicted octanol–water partition coefficient (Wildman–Crippen LogP) is 1.75. The smallest absolute Gasteiger partial charge is 0.266 e. The van der Waals surface area contributed by atoms with Gasteiger partial charge in [0.25, 0.3) is 0 Å². The molecule has 0 radical (unpaired) electrons. The van der Waals surface area contributed by atoms with Gasteiger partial charge in [0.2, 0.25) is 11.9 Å². The Morgan fingerprint density at radius 3 is 2.79 bits per heavy atom. The molecule has 0 bridgehead atoms. The van der Waals surface area contributed by atoms with Crippen molar-refractivity contribution in [2.24, 2.45) is 5.92 Å². The van der Waals surface area contributed by atoms with Crippen molar-refractivity contribution >= 4 is 15.9 Å². The van der Waals surface area contributed by atoms with Crippen molar-refractivity contribution in [2.45, 2.75) is 19.8 Å². The summed E-state index contributed by atoms with van der Waals surface area (Å²) in [5, 5.41) is 0. The van der Waals surface area contributed by atoms with E-state index in [-0.39, 0.29) is 11.6 Å². The second-order valence-corrected chi connectivity index (χ2v) is 6.36. The fourth-order valence-corrected chi connectivity index (χ4v) is 3.44. The summed E-state index contributed by atoms with van der Waals surface area (Å²) < 4.78 is 53.5. The number of hydrogen-bond acceptors (Lipinski definition) is 3. The van der Waals surface area contributed by atoms with Gasteiger partial charge in [-0.1, -0.05) is 6.92 Å². The minimum atomic E-state index is -3.82. The molecule has 0 spiro atoms. The lowest BCUT2D eigenvalue weighted by molar-refractivity contribution is 0.282. The second-order valence-electron chi connectivity index (χ2n) is 4.68. The Kier molecular flexibility index (Phi) is 4.00. The lowest BCUT2D eigenvalue weighted by atomic mass is 10.0. The van der Waals surface area contributed by atoms with Gasteiger partial charge in [-0.15, -0.1) is 0 Å². The molecule has 1 aliphatic heterocycles. The molecule has 106 valence electrons. The van der Waals surface area contributed by atoms with Crippen LogP contribution in [-0.2, 0) is 10.2 Å². The Bertz CT molecular complexity index is 565. The van der Waals surface area contributed by atoms with Crippen molar-refractivity contribution < 1.29 is 17.2 Å². The molecule has 1 aromatic rings. The van der Waals surface area contributed by atoms with Crippen LogP contribution in [0.3, 0.4) is 0 Å². The summed E-state index contributed by atoms with van der Waals surface area (Å²) in [6, 6.07) is 1.92. The van der Waals surface area contributed by atoms with Crippen molar-refractivity contribution in [3.05, 3.63) is 24.0 Å². The number of hydrogen-bond donors (Lipinski definition) is 1. The summed E-state index contributed by atoms with van der Waals surface area (Å²) in [6.07, 6.45) is 1.74. The monoisotopic (exact) mass is 291 g/mol. The van der Waals surface area contributed by atoms with Crippen LogP contribution in [0, 0.1) is 17.8 Å². The van der Waals surface area contributed by atoms with Gasteiger partial charge in [-0.25, -0.2) is 0 Å². The molecule has 0 saturated carbocycles. The van der Waals surface area contributed by atoms with Crippen LogP contribution in [0.4, 0.5) is 14.5 Å². The van der Waals surface area contributed by atoms with Crippen molar-refractivity contribution in [3.63, 3.8) is 0 Å². The molecular formula is C11H15F2N3O2S. The number of halogens is 2. The van der Waals surface area contributed by atoms with E-state index in [1.807, 2.05) is 6.92 Å². The lowest BCUT2D eigenvalue weighted by Crippen LogP contribution is -2.42. The molecule has 8 heteroatoms. The third-order valence-electron chi connectivity index (χ3n) is 3.01. The number of pyridine rings is 1. The molecule has 19 heavy (non-hydrogen) atoms. The summed E-state index contributed by atoms with van der Waals surface area (Å²) in [4.78, 5) is 2.94. The Labute approximate surface area is 110 Å². The quantitative estimate of drug-likeness (QED) is 0.863. The third kappa shape index (κ3) is 3.38. The van der Waals surface area contributed by atoms with Crippen LogP contribution in [0.25, 0.3) is 0 Å². The SMILES string of the molecule is CC1CCCN(S(=O)(=O)Nc2ccc(F)nc2F)C1. The number of anilines is 1. The van der Waals surface area contributed by atoms with E-state index in [4.69, 9.17) is 0 Å². The van der Waals surface area contributed by atoms with E-state index < -0.39 is 22.1 Å². The standard InChI is InChI=1S/C11H15F2N3O2S/c1-8-3-2-6-16(7-8)19(17,18)15-9-4-5-10(12)14-11(9)13/h4-5,8,15H,2-3,6-7H2,1H3. The summed E-state index contributed by atoms with van der Waals surface area (Å²) in [5.41, 5.74) is -0.348. The number of rotatable bonds is 3. The summed E-state index contributed by atoms with van der Waals surface area (Å²) in [7, 11) is -3.82. The largest absolute Gasteiger partial charge is 0.301 e. The van der Waals surface area contributed by atoms with E-state index in [1.54, 1.807) is 0 Å². The molecule has 2 rings (SSSR count). The highest BCUT2D eigenvalue weighted by molar-refractivity contribution is 7.90. The fourth-order valence-electron chi connectivity index (χ4n) is 2.06. The van der Waals surface area contributed by atoms with Gasteiger partial charge in [-0.05, 0) is 30.9 Å². The molecule has 1 atom stereocenters. The van der Waals surface area contributed by atoms with Gasteiger partial charge in [-0.3, -0.25) is 4.72 Å². The maximum atomic E-state index is 13.3. The normalized spacial score (nSPS) is 21.3. The molecule has 5 nitrogen and oxygen atoms in total. The first-order chi connectivity index (χ1) is 8.88. The highest BCUT2D eigenvalue weighted by Crippen LogP contribution is 2.21. The first kappa shape index (κ1) is 14.1. The van der Waals surface area contributed by atoms with Crippen LogP contribution in [0.15, 0.2) is 12.1 Å². The molecule has 1 N–H and O–H groups in total. The summed E-state index contributed by atoms with van der Waals surface area (Å²) in [6.45, 7) is 2.75. The van der Waals surface area contributed by atoms with Gasteiger partial charge in [0.1, 0.15) is 5.69 Å². The Morgan fingerprint density at radius 1 is 1.42 bits per heavy atom. The van der Waals surface area contributed by atoms with Crippen LogP contribution in [-0.4, -0.2) is 30.8 Å². The van der Waals surface area contributed by atoms with Crippen molar-refractivity contribution in [1.29, 1.82) is 0 Å². The maximum absolute atomic E-state index is 13.3. The number of nitrogens with zero attached hydrogens (tertiary/aromatic N) is 2. The van der Waals surface area contributed by atoms with Gasteiger partial charge in [0.05, 0.1) is 0 Å². The maximum Gasteiger partial charge on any atom is 0.301 e. The zero-order valence-corrected chi connectivity index (χ0v) is 11.3. The number of nitrogens with one attached hydrogen (secondary N) is 1. The van der Waals surface area contributed by atoms with Crippen LogP contribution >= 0.6 is 0 Å². The molecule has 0 aliphatic carbocycles. The van der Waals surface area contributed by atoms with E-state index in [9.17, 15) is 17.2 Å². The van der Waals surface area contributed by atoms with Gasteiger partial charge in [0.15, 0.2) is 0 Å². The molecule has 1 aromatic heterocycles. The van der Waals surface area contributed by atoms with E-state index in [0.717, 1.165) is 25.0 Å². The molecular weight excluding hydrogens is 276 g/mol. The molecule has 1 fully saturated rings. The zero-order valence-electron chi connectivity index (χ0n) is 10.4. The van der Waals surface area contributed by atoms with E-state index in [2.05, 4.69) is 9.71 Å². The number of piperidine rings is 1. The average molecular weight is 291 g/mol. The third-order valence-corrected chi connectivity index (χ3v) is 4.50. The highest BCUT2D eigenvalue weighted by Gasteiger charge is 2.27. The summed E-state index contributed by atoms with van der Waals surface area (Å²) in [5.74, 6) is -1.90. The van der Waals surface area contributed by atoms with Crippen LogP contribution < -0.4 is 4.72 Å². The minimum absolute atomic E-state index is 0.265. The van der Waals surface area contributed by atoms with Crippen LogP contribution in [0.2, 0.25) is 0 Å². The minimum Gasteiger partial charge on any atom is -0.266 e. The Hall–Kier alpha value is -1.28. The fraction of sp³-hybridized carbons (Fsp3) is 0.545. The average Bonchev–Trinajstić information content (AvgIpc) is 2.33. The molecule has 2 heterocycles. The first-order valence-corrected chi connectivity index (χ1v) is 7.42. The van der Waals surface area contributed by atoms with Crippen molar-refractivity contribution in [1.82, 2.24) is 9.29 Å². The zero-order chi connectivity index (χ0) is 14.0. The number of aromatic nitrogens is 1. The highest BCUT2D eigenvalue weighted by atomic mass is 32.2. The van der Waals surface area contributed by atoms with Crippen LogP contribution in [0.1, 0.15) is 19.8 Å². The van der Waals surface area contributed by atoms with Gasteiger partial charge in [-0.2, -0.15) is 26.5 Å². The molecule has 1 unspecified atom stereocenters. The molecule has 0 amide bonds. The van der Waals surface area contributed by atoms with Gasteiger partial charge < -0.3 is 0 Å². The first-order valence-electron chi connectivity index (χ1n) is 5.98. The molecule has 1 saturated heterocycles. The molecule has 1 aliphatic rings. The predicted molar refractivity (Wildman–Crippen MR) is 66.7 cm³/mol. The van der Waals surface area contributed by atoms with Gasteiger partial charge >= 0.3 is 10.2 Å². The van der Waals surface area contributed by atoms with E-state index >= 15 is 0 Å². The molecule has 0 aromatic carbocycles. The second kappa shape index (κ2) is 5.38. The van der Waals surface area contributed by atoms with Crippen molar-refractivity contribution in [2.75, 3.05) is 17.8 Å². The van der Waals surface area contributed by atoms with E-state index in [0.29, 0.717) is 13.1 Å². The Morgan fingerprint density at radius 2 is 2.16 bits per heavy atom. The summed E-state index contributed by atoms with van der Waals surface area (Å²) >= 11 is 0. The van der Waals surface area contributed by atoms with Crippen LogP contribution in [0.5, 0.6) is 0 Å². The van der Waals surface area contributed by atoms with Crippen molar-refractivity contribution in [3.8, 4) is 0 Å². The van der Waals surface area contributed by atoms with Gasteiger partial charge in [0, 0.05) is 13.1 Å².